The van der Waals surface area contributed by atoms with Gasteiger partial charge in [-0.25, -0.2) is 4.79 Å². The van der Waals surface area contributed by atoms with E-state index >= 15 is 0 Å². The fourth-order valence-corrected chi connectivity index (χ4v) is 2.22. The predicted molar refractivity (Wildman–Crippen MR) is 62.1 cm³/mol. The molecule has 17 heavy (non-hydrogen) atoms. The van der Waals surface area contributed by atoms with Crippen LogP contribution in [0.15, 0.2) is 27.4 Å². The lowest BCUT2D eigenvalue weighted by Crippen LogP contribution is -2.17. The second-order valence-corrected chi connectivity index (χ2v) is 4.28. The van der Waals surface area contributed by atoms with Crippen molar-refractivity contribution in [2.75, 3.05) is 13.1 Å². The Morgan fingerprint density at radius 1 is 1.41 bits per heavy atom. The summed E-state index contributed by atoms with van der Waals surface area (Å²) in [5.41, 5.74) is 1.69. The molecular weight excluding hydrogens is 220 g/mol. The van der Waals surface area contributed by atoms with Crippen LogP contribution in [-0.2, 0) is 0 Å². The van der Waals surface area contributed by atoms with Crippen molar-refractivity contribution in [3.05, 3.63) is 34.3 Å². The zero-order chi connectivity index (χ0) is 11.8. The highest BCUT2D eigenvalue weighted by Gasteiger charge is 2.23. The second kappa shape index (κ2) is 3.85. The molecule has 0 amide bonds. The van der Waals surface area contributed by atoms with Gasteiger partial charge in [0.2, 0.25) is 0 Å². The number of fused-ring (bicyclic) bond motifs is 1. The van der Waals surface area contributed by atoms with Gasteiger partial charge in [-0.1, -0.05) is 0 Å². The molecule has 1 fully saturated rings. The number of aromatic amines is 1. The fourth-order valence-electron chi connectivity index (χ4n) is 2.22. The Bertz CT molecular complexity index is 620. The van der Waals surface area contributed by atoms with E-state index in [9.17, 15) is 9.59 Å². The Morgan fingerprint density at radius 3 is 3.06 bits per heavy atom. The summed E-state index contributed by atoms with van der Waals surface area (Å²) in [6.45, 7) is 1.62. The standard InChI is InChI=1S/C12H12N2O3/c15-11(8-3-4-13-6-8)7-1-2-10-9(5-7)14-12(16)17-10/h1-2,5,8,13H,3-4,6H2,(H,14,16). The van der Waals surface area contributed by atoms with E-state index in [1.807, 2.05) is 0 Å². The van der Waals surface area contributed by atoms with Crippen molar-refractivity contribution in [3.63, 3.8) is 0 Å². The van der Waals surface area contributed by atoms with Crippen molar-refractivity contribution < 1.29 is 9.21 Å². The maximum absolute atomic E-state index is 12.1. The zero-order valence-electron chi connectivity index (χ0n) is 9.16. The summed E-state index contributed by atoms with van der Waals surface area (Å²) in [6.07, 6.45) is 0.874. The van der Waals surface area contributed by atoms with Gasteiger partial charge in [-0.3, -0.25) is 9.78 Å². The number of aromatic nitrogens is 1. The predicted octanol–water partition coefficient (Wildman–Crippen LogP) is 0.913. The molecular formula is C12H12N2O3. The number of carbonyl (C=O) groups is 1. The van der Waals surface area contributed by atoms with Crippen LogP contribution in [-0.4, -0.2) is 23.9 Å². The summed E-state index contributed by atoms with van der Waals surface area (Å²) in [7, 11) is 0. The average Bonchev–Trinajstić information content (AvgIpc) is 2.94. The van der Waals surface area contributed by atoms with E-state index < -0.39 is 5.76 Å². The highest BCUT2D eigenvalue weighted by molar-refractivity contribution is 6.00. The van der Waals surface area contributed by atoms with Gasteiger partial charge in [0.25, 0.3) is 0 Å². The van der Waals surface area contributed by atoms with E-state index in [2.05, 4.69) is 10.3 Å². The lowest BCUT2D eigenvalue weighted by Gasteiger charge is -2.06. The molecule has 0 spiro atoms. The smallest absolute Gasteiger partial charge is 0.408 e. The summed E-state index contributed by atoms with van der Waals surface area (Å²) < 4.78 is 4.89. The molecule has 2 aromatic rings. The number of carbonyl (C=O) groups excluding carboxylic acids is 1. The van der Waals surface area contributed by atoms with Crippen LogP contribution in [0.4, 0.5) is 0 Å². The third kappa shape index (κ3) is 1.78. The van der Waals surface area contributed by atoms with Crippen LogP contribution in [0.3, 0.4) is 0 Å². The first kappa shape index (κ1) is 10.3. The molecule has 1 aromatic carbocycles. The van der Waals surface area contributed by atoms with Crippen LogP contribution < -0.4 is 11.1 Å². The number of hydrogen-bond acceptors (Lipinski definition) is 4. The van der Waals surface area contributed by atoms with Gasteiger partial charge in [-0.05, 0) is 31.2 Å². The van der Waals surface area contributed by atoms with Crippen LogP contribution >= 0.6 is 0 Å². The molecule has 1 unspecified atom stereocenters. The Morgan fingerprint density at radius 2 is 2.29 bits per heavy atom. The largest absolute Gasteiger partial charge is 0.417 e. The van der Waals surface area contributed by atoms with Crippen molar-refractivity contribution in [2.45, 2.75) is 6.42 Å². The Balaban J connectivity index is 1.99. The maximum atomic E-state index is 12.1. The summed E-state index contributed by atoms with van der Waals surface area (Å²) in [5.74, 6) is -0.322. The van der Waals surface area contributed by atoms with E-state index in [0.717, 1.165) is 19.5 Å². The number of H-pyrrole nitrogens is 1. The van der Waals surface area contributed by atoms with Gasteiger partial charge in [-0.2, -0.15) is 0 Å². The first-order valence-corrected chi connectivity index (χ1v) is 5.62. The minimum atomic E-state index is -0.493. The number of nitrogens with one attached hydrogen (secondary N) is 2. The second-order valence-electron chi connectivity index (χ2n) is 4.28. The third-order valence-electron chi connectivity index (χ3n) is 3.13. The summed E-state index contributed by atoms with van der Waals surface area (Å²) in [4.78, 5) is 25.7. The quantitative estimate of drug-likeness (QED) is 0.755. The summed E-state index contributed by atoms with van der Waals surface area (Å²) in [6, 6.07) is 5.05. The van der Waals surface area contributed by atoms with Gasteiger partial charge < -0.3 is 9.73 Å². The van der Waals surface area contributed by atoms with Gasteiger partial charge in [0, 0.05) is 18.0 Å². The molecule has 1 aliphatic rings. The van der Waals surface area contributed by atoms with Crippen molar-refractivity contribution in [3.8, 4) is 0 Å². The molecule has 0 radical (unpaired) electrons. The van der Waals surface area contributed by atoms with E-state index in [4.69, 9.17) is 4.42 Å². The molecule has 1 saturated heterocycles. The van der Waals surface area contributed by atoms with Crippen LogP contribution in [0.25, 0.3) is 11.1 Å². The zero-order valence-corrected chi connectivity index (χ0v) is 9.16. The number of benzene rings is 1. The van der Waals surface area contributed by atoms with Crippen molar-refractivity contribution >= 4 is 16.9 Å². The van der Waals surface area contributed by atoms with Crippen LogP contribution in [0.5, 0.6) is 0 Å². The highest BCUT2D eigenvalue weighted by Crippen LogP contribution is 2.18. The first-order valence-electron chi connectivity index (χ1n) is 5.62. The molecule has 2 heterocycles. The Labute approximate surface area is 96.8 Å². The fraction of sp³-hybridized carbons (Fsp3) is 0.333. The topological polar surface area (TPSA) is 75.1 Å². The minimum Gasteiger partial charge on any atom is -0.408 e. The Kier molecular flexibility index (Phi) is 2.33. The van der Waals surface area contributed by atoms with E-state index in [1.54, 1.807) is 18.2 Å². The highest BCUT2D eigenvalue weighted by atomic mass is 16.4. The molecule has 5 heteroatoms. The van der Waals surface area contributed by atoms with E-state index in [-0.39, 0.29) is 11.7 Å². The first-order chi connectivity index (χ1) is 8.24. The molecule has 1 aromatic heterocycles. The number of Topliss-reactive ketones (excluding diaryl/α,β-unsaturated/α-hetero) is 1. The van der Waals surface area contributed by atoms with Gasteiger partial charge in [0.05, 0.1) is 5.52 Å². The molecule has 88 valence electrons. The Hall–Kier alpha value is -1.88. The van der Waals surface area contributed by atoms with Gasteiger partial charge in [0.15, 0.2) is 11.4 Å². The van der Waals surface area contributed by atoms with Crippen molar-refractivity contribution in [1.82, 2.24) is 10.3 Å². The molecule has 0 saturated carbocycles. The van der Waals surface area contributed by atoms with Crippen molar-refractivity contribution in [1.29, 1.82) is 0 Å². The lowest BCUT2D eigenvalue weighted by atomic mass is 9.97. The molecule has 3 rings (SSSR count). The number of ketones is 1. The van der Waals surface area contributed by atoms with Gasteiger partial charge >= 0.3 is 5.76 Å². The van der Waals surface area contributed by atoms with Gasteiger partial charge in [-0.15, -0.1) is 0 Å². The van der Waals surface area contributed by atoms with E-state index in [1.165, 1.54) is 0 Å². The number of oxazole rings is 1. The maximum Gasteiger partial charge on any atom is 0.417 e. The molecule has 1 aliphatic heterocycles. The summed E-state index contributed by atoms with van der Waals surface area (Å²) >= 11 is 0. The van der Waals surface area contributed by atoms with Crippen molar-refractivity contribution in [2.24, 2.45) is 5.92 Å². The molecule has 0 aliphatic carbocycles. The number of rotatable bonds is 2. The molecule has 5 nitrogen and oxygen atoms in total. The third-order valence-corrected chi connectivity index (χ3v) is 3.13. The monoisotopic (exact) mass is 232 g/mol. The van der Waals surface area contributed by atoms with E-state index in [0.29, 0.717) is 16.7 Å². The van der Waals surface area contributed by atoms with Crippen LogP contribution in [0.2, 0.25) is 0 Å². The summed E-state index contributed by atoms with van der Waals surface area (Å²) in [5, 5.41) is 3.17. The van der Waals surface area contributed by atoms with Crippen LogP contribution in [0.1, 0.15) is 16.8 Å². The van der Waals surface area contributed by atoms with Crippen LogP contribution in [0, 0.1) is 5.92 Å². The molecule has 0 bridgehead atoms. The molecule has 2 N–H and O–H groups in total. The minimum absolute atomic E-state index is 0.0473. The normalized spacial score (nSPS) is 19.9. The average molecular weight is 232 g/mol. The van der Waals surface area contributed by atoms with Gasteiger partial charge in [0.1, 0.15) is 0 Å². The SMILES string of the molecule is O=C(c1ccc2oc(=O)[nH]c2c1)C1CCNC1. The lowest BCUT2D eigenvalue weighted by molar-refractivity contribution is 0.0930. The number of hydrogen-bond donors (Lipinski definition) is 2. The molecule has 1 atom stereocenters.